The van der Waals surface area contributed by atoms with Gasteiger partial charge in [0.05, 0.1) is 19.4 Å². The van der Waals surface area contributed by atoms with Gasteiger partial charge in [0.15, 0.2) is 0 Å². The summed E-state index contributed by atoms with van der Waals surface area (Å²) >= 11 is 0. The van der Waals surface area contributed by atoms with Crippen molar-refractivity contribution in [3.8, 4) is 0 Å². The molecule has 0 bridgehead atoms. The number of hydrogen-bond acceptors (Lipinski definition) is 3. The van der Waals surface area contributed by atoms with Gasteiger partial charge in [0, 0.05) is 0 Å². The minimum absolute atomic E-state index is 0.323. The van der Waals surface area contributed by atoms with Gasteiger partial charge in [-0.05, 0) is 38.2 Å². The molecule has 0 N–H and O–H groups in total. The lowest BCUT2D eigenvalue weighted by molar-refractivity contribution is 0.216. The van der Waals surface area contributed by atoms with E-state index in [1.54, 1.807) is 0 Å². The van der Waals surface area contributed by atoms with Gasteiger partial charge in [0.25, 0.3) is 0 Å². The Morgan fingerprint density at radius 3 is 2.21 bits per heavy atom. The second-order valence-electron chi connectivity index (χ2n) is 4.76. The van der Waals surface area contributed by atoms with Crippen molar-refractivity contribution in [2.24, 2.45) is 5.92 Å². The van der Waals surface area contributed by atoms with Crippen molar-refractivity contribution in [2.45, 2.75) is 33.6 Å². The van der Waals surface area contributed by atoms with Crippen LogP contribution in [0.1, 0.15) is 32.8 Å². The minimum atomic E-state index is -2.90. The Labute approximate surface area is 116 Å². The molecule has 19 heavy (non-hydrogen) atoms. The fourth-order valence-electron chi connectivity index (χ4n) is 2.07. The van der Waals surface area contributed by atoms with E-state index in [9.17, 15) is 4.57 Å². The molecule has 1 aromatic carbocycles. The van der Waals surface area contributed by atoms with Crippen LogP contribution in [0, 0.1) is 5.92 Å². The predicted molar refractivity (Wildman–Crippen MR) is 79.7 cm³/mol. The quantitative estimate of drug-likeness (QED) is 0.625. The van der Waals surface area contributed by atoms with Gasteiger partial charge in [-0.3, -0.25) is 4.57 Å². The topological polar surface area (TPSA) is 35.5 Å². The first-order valence-corrected chi connectivity index (χ1v) is 8.74. The van der Waals surface area contributed by atoms with Crippen molar-refractivity contribution in [2.75, 3.05) is 19.4 Å². The first-order valence-electron chi connectivity index (χ1n) is 7.01. The summed E-state index contributed by atoms with van der Waals surface area (Å²) in [4.78, 5) is 0. The van der Waals surface area contributed by atoms with E-state index < -0.39 is 7.60 Å². The van der Waals surface area contributed by atoms with Gasteiger partial charge in [0.2, 0.25) is 0 Å². The Kier molecular flexibility index (Phi) is 7.37. The van der Waals surface area contributed by atoms with E-state index in [1.165, 1.54) is 5.56 Å². The highest BCUT2D eigenvalue weighted by molar-refractivity contribution is 7.53. The maximum Gasteiger partial charge on any atom is 0.330 e. The zero-order valence-corrected chi connectivity index (χ0v) is 13.1. The predicted octanol–water partition coefficient (Wildman–Crippen LogP) is 4.52. The van der Waals surface area contributed by atoms with Crippen LogP contribution in [0.3, 0.4) is 0 Å². The molecule has 1 rings (SSSR count). The van der Waals surface area contributed by atoms with Crippen LogP contribution >= 0.6 is 7.60 Å². The van der Waals surface area contributed by atoms with Crippen molar-refractivity contribution < 1.29 is 13.6 Å². The molecule has 108 valence electrons. The van der Waals surface area contributed by atoms with E-state index >= 15 is 0 Å². The van der Waals surface area contributed by atoms with Crippen LogP contribution in [0.2, 0.25) is 0 Å². The molecule has 1 atom stereocenters. The minimum Gasteiger partial charge on any atom is -0.309 e. The van der Waals surface area contributed by atoms with Crippen LogP contribution in [0.5, 0.6) is 0 Å². The Hall–Kier alpha value is -0.630. The SMILES string of the molecule is CCOP(=O)(C[C@H](C)CCc1ccccc1)OCC. The number of benzene rings is 1. The van der Waals surface area contributed by atoms with E-state index in [1.807, 2.05) is 32.0 Å². The Bertz CT molecular complexity index is 382. The molecule has 0 radical (unpaired) electrons. The highest BCUT2D eigenvalue weighted by Gasteiger charge is 2.26. The molecule has 0 aliphatic rings. The maximum atomic E-state index is 12.4. The molecule has 0 amide bonds. The molecule has 0 aliphatic carbocycles. The molecule has 3 nitrogen and oxygen atoms in total. The standard InChI is InChI=1S/C15H25O3P/c1-4-17-19(16,18-5-2)13-14(3)11-12-15-9-7-6-8-10-15/h6-10,14H,4-5,11-13H2,1-3H3/t14-/m1/s1. The summed E-state index contributed by atoms with van der Waals surface area (Å²) in [7, 11) is -2.90. The summed E-state index contributed by atoms with van der Waals surface area (Å²) in [5, 5.41) is 0. The third-order valence-electron chi connectivity index (χ3n) is 2.96. The molecule has 0 saturated heterocycles. The second kappa shape index (κ2) is 8.52. The molecule has 0 saturated carbocycles. The first kappa shape index (κ1) is 16.4. The van der Waals surface area contributed by atoms with Crippen molar-refractivity contribution in [1.29, 1.82) is 0 Å². The van der Waals surface area contributed by atoms with Crippen LogP contribution < -0.4 is 0 Å². The van der Waals surface area contributed by atoms with Crippen molar-refractivity contribution >= 4 is 7.60 Å². The number of aryl methyl sites for hydroxylation is 1. The van der Waals surface area contributed by atoms with Gasteiger partial charge < -0.3 is 9.05 Å². The average molecular weight is 284 g/mol. The zero-order chi connectivity index (χ0) is 14.1. The highest BCUT2D eigenvalue weighted by Crippen LogP contribution is 2.49. The van der Waals surface area contributed by atoms with E-state index in [-0.39, 0.29) is 0 Å². The van der Waals surface area contributed by atoms with Gasteiger partial charge in [-0.25, -0.2) is 0 Å². The van der Waals surface area contributed by atoms with Crippen LogP contribution in [0.25, 0.3) is 0 Å². The smallest absolute Gasteiger partial charge is 0.309 e. The third kappa shape index (κ3) is 6.38. The van der Waals surface area contributed by atoms with Crippen LogP contribution in [0.4, 0.5) is 0 Å². The Morgan fingerprint density at radius 2 is 1.68 bits per heavy atom. The summed E-state index contributed by atoms with van der Waals surface area (Å²) in [5.41, 5.74) is 1.32. The van der Waals surface area contributed by atoms with E-state index in [0.717, 1.165) is 12.8 Å². The average Bonchev–Trinajstić information content (AvgIpc) is 2.38. The third-order valence-corrected chi connectivity index (χ3v) is 5.33. The van der Waals surface area contributed by atoms with E-state index in [0.29, 0.717) is 25.3 Å². The summed E-state index contributed by atoms with van der Waals surface area (Å²) in [6.07, 6.45) is 2.50. The molecule has 4 heteroatoms. The zero-order valence-electron chi connectivity index (χ0n) is 12.2. The van der Waals surface area contributed by atoms with Crippen molar-refractivity contribution in [3.05, 3.63) is 35.9 Å². The molecule has 0 fully saturated rings. The molecule has 0 aliphatic heterocycles. The number of hydrogen-bond donors (Lipinski definition) is 0. The molecular formula is C15H25O3P. The lowest BCUT2D eigenvalue weighted by Gasteiger charge is -2.20. The van der Waals surface area contributed by atoms with Crippen molar-refractivity contribution in [3.63, 3.8) is 0 Å². The Morgan fingerprint density at radius 1 is 1.11 bits per heavy atom. The summed E-state index contributed by atoms with van der Waals surface area (Å²) in [5.74, 6) is 0.323. The van der Waals surface area contributed by atoms with E-state index in [4.69, 9.17) is 9.05 Å². The van der Waals surface area contributed by atoms with Crippen LogP contribution in [-0.2, 0) is 20.0 Å². The number of rotatable bonds is 9. The van der Waals surface area contributed by atoms with Gasteiger partial charge in [-0.2, -0.15) is 0 Å². The lowest BCUT2D eigenvalue weighted by Crippen LogP contribution is -2.08. The molecule has 0 heterocycles. The molecule has 0 unspecified atom stereocenters. The van der Waals surface area contributed by atoms with Gasteiger partial charge >= 0.3 is 7.60 Å². The normalized spacial score (nSPS) is 13.4. The van der Waals surface area contributed by atoms with Gasteiger partial charge in [-0.1, -0.05) is 37.3 Å². The molecular weight excluding hydrogens is 259 g/mol. The summed E-state index contributed by atoms with van der Waals surface area (Å²) in [6, 6.07) is 10.4. The first-order chi connectivity index (χ1) is 9.09. The van der Waals surface area contributed by atoms with E-state index in [2.05, 4.69) is 19.1 Å². The van der Waals surface area contributed by atoms with Crippen LogP contribution in [-0.4, -0.2) is 19.4 Å². The van der Waals surface area contributed by atoms with Crippen molar-refractivity contribution in [1.82, 2.24) is 0 Å². The fourth-order valence-corrected chi connectivity index (χ4v) is 4.08. The van der Waals surface area contributed by atoms with Crippen LogP contribution in [0.15, 0.2) is 30.3 Å². The summed E-state index contributed by atoms with van der Waals surface area (Å²) in [6.45, 7) is 6.67. The molecule has 0 spiro atoms. The summed E-state index contributed by atoms with van der Waals surface area (Å²) < 4.78 is 23.0. The Balaban J connectivity index is 2.44. The van der Waals surface area contributed by atoms with Gasteiger partial charge in [-0.15, -0.1) is 0 Å². The highest BCUT2D eigenvalue weighted by atomic mass is 31.2. The monoisotopic (exact) mass is 284 g/mol. The second-order valence-corrected chi connectivity index (χ2v) is 6.86. The lowest BCUT2D eigenvalue weighted by atomic mass is 10.0. The van der Waals surface area contributed by atoms with Gasteiger partial charge in [0.1, 0.15) is 0 Å². The molecule has 1 aromatic rings. The largest absolute Gasteiger partial charge is 0.330 e. The maximum absolute atomic E-state index is 12.4. The molecule has 0 aromatic heterocycles. The fraction of sp³-hybridized carbons (Fsp3) is 0.600.